The van der Waals surface area contributed by atoms with Crippen LogP contribution in [0.1, 0.15) is 26.7 Å². The van der Waals surface area contributed by atoms with E-state index in [0.717, 1.165) is 25.9 Å². The molecular weight excluding hydrogens is 256 g/mol. The Morgan fingerprint density at radius 1 is 1.55 bits per heavy atom. The largest absolute Gasteiger partial charge is 0.396 e. The van der Waals surface area contributed by atoms with Crippen LogP contribution in [0.5, 0.6) is 0 Å². The Morgan fingerprint density at radius 2 is 2.35 bits per heavy atom. The van der Waals surface area contributed by atoms with Crippen molar-refractivity contribution >= 4 is 6.03 Å². The second-order valence-electron chi connectivity index (χ2n) is 6.20. The van der Waals surface area contributed by atoms with Gasteiger partial charge in [0.15, 0.2) is 0 Å². The van der Waals surface area contributed by atoms with Crippen LogP contribution in [0.2, 0.25) is 0 Å². The summed E-state index contributed by atoms with van der Waals surface area (Å²) < 4.78 is 1.87. The van der Waals surface area contributed by atoms with Crippen molar-refractivity contribution in [1.29, 1.82) is 0 Å². The maximum Gasteiger partial charge on any atom is 0.317 e. The number of carbonyl (C=O) groups excluding carboxylic acids is 1. The van der Waals surface area contributed by atoms with Crippen LogP contribution in [0.4, 0.5) is 4.79 Å². The van der Waals surface area contributed by atoms with Gasteiger partial charge in [-0.3, -0.25) is 4.68 Å². The van der Waals surface area contributed by atoms with Gasteiger partial charge >= 0.3 is 6.03 Å². The van der Waals surface area contributed by atoms with Crippen molar-refractivity contribution in [2.75, 3.05) is 19.7 Å². The summed E-state index contributed by atoms with van der Waals surface area (Å²) in [6.45, 7) is 5.93. The van der Waals surface area contributed by atoms with Gasteiger partial charge in [0.2, 0.25) is 0 Å². The van der Waals surface area contributed by atoms with E-state index in [9.17, 15) is 9.90 Å². The first-order valence-electron chi connectivity index (χ1n) is 7.14. The zero-order valence-electron chi connectivity index (χ0n) is 12.2. The molecule has 112 valence electrons. The number of nitrogens with one attached hydrogen (secondary N) is 1. The Morgan fingerprint density at radius 3 is 3.00 bits per heavy atom. The molecule has 1 aromatic heterocycles. The summed E-state index contributed by atoms with van der Waals surface area (Å²) in [5.74, 6) is 0. The molecule has 0 aliphatic carbocycles. The lowest BCUT2D eigenvalue weighted by Gasteiger charge is -2.28. The van der Waals surface area contributed by atoms with Crippen LogP contribution in [0.25, 0.3) is 0 Å². The fraction of sp³-hybridized carbons (Fsp3) is 0.714. The molecule has 0 bridgehead atoms. The molecule has 1 atom stereocenters. The Bertz CT molecular complexity index is 430. The molecule has 2 rings (SSSR count). The van der Waals surface area contributed by atoms with E-state index in [0.29, 0.717) is 6.54 Å². The zero-order valence-corrected chi connectivity index (χ0v) is 12.2. The molecule has 1 saturated heterocycles. The number of aliphatic hydroxyl groups excluding tert-OH is 1. The number of rotatable bonds is 5. The monoisotopic (exact) mass is 280 g/mol. The number of carbonyl (C=O) groups is 1. The summed E-state index contributed by atoms with van der Waals surface area (Å²) in [6, 6.07) is 2.05. The third-order valence-corrected chi connectivity index (χ3v) is 3.74. The number of amides is 2. The van der Waals surface area contributed by atoms with Gasteiger partial charge in [-0.1, -0.05) is 13.8 Å². The van der Waals surface area contributed by atoms with Crippen LogP contribution in [0.3, 0.4) is 0 Å². The maximum absolute atomic E-state index is 12.3. The first-order valence-corrected chi connectivity index (χ1v) is 7.14. The average molecular weight is 280 g/mol. The Hall–Kier alpha value is -1.56. The van der Waals surface area contributed by atoms with Crippen LogP contribution in [-0.2, 0) is 6.54 Å². The third kappa shape index (κ3) is 3.72. The van der Waals surface area contributed by atoms with Crippen LogP contribution >= 0.6 is 0 Å². The van der Waals surface area contributed by atoms with Gasteiger partial charge in [0.1, 0.15) is 0 Å². The number of hydrogen-bond acceptors (Lipinski definition) is 3. The van der Waals surface area contributed by atoms with Gasteiger partial charge in [-0.15, -0.1) is 0 Å². The van der Waals surface area contributed by atoms with Crippen LogP contribution < -0.4 is 5.32 Å². The molecule has 1 aromatic rings. The lowest BCUT2D eigenvalue weighted by molar-refractivity contribution is 0.147. The Balaban J connectivity index is 1.88. The summed E-state index contributed by atoms with van der Waals surface area (Å²) in [5, 5.41) is 16.3. The maximum atomic E-state index is 12.3. The van der Waals surface area contributed by atoms with Crippen molar-refractivity contribution < 1.29 is 9.90 Å². The van der Waals surface area contributed by atoms with Gasteiger partial charge in [-0.2, -0.15) is 5.10 Å². The van der Waals surface area contributed by atoms with Crippen molar-refractivity contribution in [2.24, 2.45) is 5.41 Å². The number of hydrogen-bond donors (Lipinski definition) is 2. The van der Waals surface area contributed by atoms with E-state index in [-0.39, 0.29) is 24.1 Å². The molecule has 0 radical (unpaired) electrons. The normalized spacial score (nSPS) is 19.4. The highest BCUT2D eigenvalue weighted by molar-refractivity contribution is 5.74. The molecule has 2 amide bonds. The number of aliphatic hydroxyl groups is 1. The van der Waals surface area contributed by atoms with E-state index in [1.807, 2.05) is 35.7 Å². The molecule has 0 aromatic carbocycles. The van der Waals surface area contributed by atoms with Gasteiger partial charge in [-0.05, 0) is 18.9 Å². The summed E-state index contributed by atoms with van der Waals surface area (Å²) >= 11 is 0. The van der Waals surface area contributed by atoms with Gasteiger partial charge < -0.3 is 15.3 Å². The molecule has 6 heteroatoms. The molecular formula is C14H24N4O2. The second kappa shape index (κ2) is 6.26. The molecule has 20 heavy (non-hydrogen) atoms. The van der Waals surface area contributed by atoms with E-state index in [1.54, 1.807) is 6.20 Å². The van der Waals surface area contributed by atoms with Gasteiger partial charge in [-0.25, -0.2) is 4.79 Å². The number of urea groups is 1. The fourth-order valence-corrected chi connectivity index (χ4v) is 2.39. The van der Waals surface area contributed by atoms with Gasteiger partial charge in [0.25, 0.3) is 0 Å². The van der Waals surface area contributed by atoms with E-state index in [1.165, 1.54) is 0 Å². The number of nitrogens with zero attached hydrogens (tertiary/aromatic N) is 3. The minimum atomic E-state index is -0.285. The lowest BCUT2D eigenvalue weighted by atomic mass is 9.95. The number of aromatic nitrogens is 2. The highest BCUT2D eigenvalue weighted by atomic mass is 16.3. The molecule has 2 N–H and O–H groups in total. The van der Waals surface area contributed by atoms with Crippen molar-refractivity contribution in [3.63, 3.8) is 0 Å². The van der Waals surface area contributed by atoms with Crippen molar-refractivity contribution in [3.8, 4) is 0 Å². The van der Waals surface area contributed by atoms with Crippen molar-refractivity contribution in [1.82, 2.24) is 20.0 Å². The molecule has 6 nitrogen and oxygen atoms in total. The van der Waals surface area contributed by atoms with Gasteiger partial charge in [0.05, 0.1) is 12.6 Å². The first kappa shape index (κ1) is 14.8. The Labute approximate surface area is 119 Å². The van der Waals surface area contributed by atoms with Crippen molar-refractivity contribution in [3.05, 3.63) is 18.5 Å². The summed E-state index contributed by atoms with van der Waals surface area (Å²) in [4.78, 5) is 14.1. The molecule has 1 aliphatic rings. The summed E-state index contributed by atoms with van der Waals surface area (Å²) in [7, 11) is 0. The first-order chi connectivity index (χ1) is 9.52. The summed E-state index contributed by atoms with van der Waals surface area (Å²) in [6.07, 6.45) is 5.71. The molecule has 0 saturated carbocycles. The molecule has 0 unspecified atom stereocenters. The smallest absolute Gasteiger partial charge is 0.317 e. The van der Waals surface area contributed by atoms with Crippen LogP contribution in [-0.4, -0.2) is 51.6 Å². The van der Waals surface area contributed by atoms with E-state index in [2.05, 4.69) is 10.4 Å². The zero-order chi connectivity index (χ0) is 14.6. The van der Waals surface area contributed by atoms with E-state index in [4.69, 9.17) is 0 Å². The fourth-order valence-electron chi connectivity index (χ4n) is 2.39. The average Bonchev–Trinajstić information content (AvgIpc) is 3.08. The quantitative estimate of drug-likeness (QED) is 0.848. The standard InChI is InChI=1S/C14H24N4O2/c1-14(2,11-19)10-15-13(20)18-8-3-5-12(18)9-17-7-4-6-16-17/h4,6-7,12,19H,3,5,8-11H2,1-2H3,(H,15,20)/t12-/m0/s1. The topological polar surface area (TPSA) is 70.4 Å². The lowest BCUT2D eigenvalue weighted by Crippen LogP contribution is -2.47. The predicted molar refractivity (Wildman–Crippen MR) is 76.2 cm³/mol. The minimum absolute atomic E-state index is 0.0406. The van der Waals surface area contributed by atoms with Crippen LogP contribution in [0.15, 0.2) is 18.5 Å². The molecule has 2 heterocycles. The number of likely N-dealkylation sites (tertiary alicyclic amines) is 1. The molecule has 0 spiro atoms. The minimum Gasteiger partial charge on any atom is -0.396 e. The van der Waals surface area contributed by atoms with Crippen molar-refractivity contribution in [2.45, 2.75) is 39.3 Å². The summed E-state index contributed by atoms with van der Waals surface area (Å²) in [5.41, 5.74) is -0.285. The highest BCUT2D eigenvalue weighted by Crippen LogP contribution is 2.19. The third-order valence-electron chi connectivity index (χ3n) is 3.74. The van der Waals surface area contributed by atoms with E-state index < -0.39 is 0 Å². The van der Waals surface area contributed by atoms with Crippen LogP contribution in [0, 0.1) is 5.41 Å². The molecule has 1 fully saturated rings. The predicted octanol–water partition coefficient (Wildman–Crippen LogP) is 1.08. The Kier molecular flexibility index (Phi) is 4.65. The second-order valence-corrected chi connectivity index (χ2v) is 6.20. The SMILES string of the molecule is CC(C)(CO)CNC(=O)N1CCC[C@H]1Cn1cccn1. The van der Waals surface area contributed by atoms with Gasteiger partial charge in [0, 0.05) is 37.5 Å². The highest BCUT2D eigenvalue weighted by Gasteiger charge is 2.30. The molecule has 1 aliphatic heterocycles. The van der Waals surface area contributed by atoms with E-state index >= 15 is 0 Å².